The third kappa shape index (κ3) is 11.0. The smallest absolute Gasteiger partial charge is 0.302 e. The van der Waals surface area contributed by atoms with Gasteiger partial charge in [0.2, 0.25) is 0 Å². The SMILES string of the molecule is C=CC.CCOc1cc(-c2ccc(C)cc2)ccc1-c1ccc(OCCOCCO)c(CCCOC(C)=O)c1. The minimum atomic E-state index is -0.281. The summed E-state index contributed by atoms with van der Waals surface area (Å²) in [6.45, 7) is 12.7. The average Bonchev–Trinajstić information content (AvgIpc) is 2.92. The van der Waals surface area contributed by atoms with Crippen molar-refractivity contribution in [1.82, 2.24) is 0 Å². The zero-order valence-electron chi connectivity index (χ0n) is 23.7. The van der Waals surface area contributed by atoms with Crippen molar-refractivity contribution in [3.05, 3.63) is 84.4 Å². The number of aryl methyl sites for hydroxylation is 2. The highest BCUT2D eigenvalue weighted by Gasteiger charge is 2.13. The lowest BCUT2D eigenvalue weighted by atomic mass is 9.96. The van der Waals surface area contributed by atoms with Crippen molar-refractivity contribution in [3.63, 3.8) is 0 Å². The number of benzene rings is 3. The summed E-state index contributed by atoms with van der Waals surface area (Å²) >= 11 is 0. The molecule has 0 radical (unpaired) electrons. The van der Waals surface area contributed by atoms with Gasteiger partial charge in [0.1, 0.15) is 18.1 Å². The Labute approximate surface area is 233 Å². The van der Waals surface area contributed by atoms with Crippen molar-refractivity contribution in [2.24, 2.45) is 0 Å². The molecule has 0 spiro atoms. The van der Waals surface area contributed by atoms with Crippen LogP contribution >= 0.6 is 0 Å². The van der Waals surface area contributed by atoms with Crippen LogP contribution in [-0.4, -0.2) is 50.7 Å². The highest BCUT2D eigenvalue weighted by atomic mass is 16.5. The third-order valence-corrected chi connectivity index (χ3v) is 5.65. The standard InChI is InChI=1S/C30H36O6.C3H6/c1-4-34-30-21-25(24-9-7-22(2)8-10-24)11-13-28(30)26-12-14-29(36-19-18-33-17-15-31)27(20-26)6-5-16-35-23(3)32;1-3-2/h7-14,20-21,31H,4-6,15-19H2,1-3H3;3H,1H2,2H3. The Morgan fingerprint density at radius 1 is 0.872 bits per heavy atom. The predicted octanol–water partition coefficient (Wildman–Crippen LogP) is 6.80. The van der Waals surface area contributed by atoms with Gasteiger partial charge in [-0.15, -0.1) is 6.58 Å². The van der Waals surface area contributed by atoms with Crippen LogP contribution in [0, 0.1) is 6.92 Å². The summed E-state index contributed by atoms with van der Waals surface area (Å²) in [5.41, 5.74) is 6.53. The van der Waals surface area contributed by atoms with Crippen LogP contribution in [0.15, 0.2) is 73.3 Å². The van der Waals surface area contributed by atoms with E-state index in [0.717, 1.165) is 39.3 Å². The van der Waals surface area contributed by atoms with Crippen LogP contribution in [0.5, 0.6) is 11.5 Å². The van der Waals surface area contributed by atoms with Gasteiger partial charge in [-0.25, -0.2) is 0 Å². The van der Waals surface area contributed by atoms with E-state index in [0.29, 0.717) is 39.3 Å². The van der Waals surface area contributed by atoms with Gasteiger partial charge in [0.25, 0.3) is 0 Å². The number of carbonyl (C=O) groups is 1. The first-order valence-corrected chi connectivity index (χ1v) is 13.4. The first-order chi connectivity index (χ1) is 18.9. The van der Waals surface area contributed by atoms with Gasteiger partial charge in [-0.3, -0.25) is 4.79 Å². The fraction of sp³-hybridized carbons (Fsp3) is 0.364. The Bertz CT molecular complexity index is 1150. The highest BCUT2D eigenvalue weighted by Crippen LogP contribution is 2.36. The van der Waals surface area contributed by atoms with Crippen LogP contribution in [-0.2, 0) is 20.7 Å². The third-order valence-electron chi connectivity index (χ3n) is 5.65. The minimum absolute atomic E-state index is 0.0129. The number of hydrogen-bond acceptors (Lipinski definition) is 6. The van der Waals surface area contributed by atoms with Gasteiger partial charge in [0.15, 0.2) is 0 Å². The fourth-order valence-corrected chi connectivity index (χ4v) is 3.90. The topological polar surface area (TPSA) is 74.2 Å². The van der Waals surface area contributed by atoms with Gasteiger partial charge in [-0.05, 0) is 74.1 Å². The molecule has 6 nitrogen and oxygen atoms in total. The van der Waals surface area contributed by atoms with E-state index in [-0.39, 0.29) is 19.2 Å². The van der Waals surface area contributed by atoms with Gasteiger partial charge < -0.3 is 24.1 Å². The number of aliphatic hydroxyl groups is 1. The first-order valence-electron chi connectivity index (χ1n) is 13.4. The molecule has 0 saturated heterocycles. The molecule has 0 atom stereocenters. The zero-order valence-corrected chi connectivity index (χ0v) is 23.7. The van der Waals surface area contributed by atoms with Crippen LogP contribution in [0.3, 0.4) is 0 Å². The Morgan fingerprint density at radius 2 is 1.56 bits per heavy atom. The van der Waals surface area contributed by atoms with Crippen molar-refractivity contribution >= 4 is 5.97 Å². The molecule has 1 N–H and O–H groups in total. The summed E-state index contributed by atoms with van der Waals surface area (Å²) in [5.74, 6) is 1.31. The lowest BCUT2D eigenvalue weighted by Crippen LogP contribution is -2.10. The summed E-state index contributed by atoms with van der Waals surface area (Å²) in [5, 5.41) is 8.87. The number of esters is 1. The molecule has 3 aromatic carbocycles. The number of aliphatic hydroxyl groups excluding tert-OH is 1. The van der Waals surface area contributed by atoms with Gasteiger partial charge >= 0.3 is 5.97 Å². The van der Waals surface area contributed by atoms with E-state index in [2.05, 4.69) is 62.0 Å². The number of rotatable bonds is 14. The lowest BCUT2D eigenvalue weighted by Gasteiger charge is -2.16. The molecule has 0 aliphatic carbocycles. The monoisotopic (exact) mass is 534 g/mol. The molecule has 0 unspecified atom stereocenters. The second-order valence-electron chi connectivity index (χ2n) is 8.87. The lowest BCUT2D eigenvalue weighted by molar-refractivity contribution is -0.141. The van der Waals surface area contributed by atoms with Crippen molar-refractivity contribution < 1.29 is 28.8 Å². The largest absolute Gasteiger partial charge is 0.493 e. The van der Waals surface area contributed by atoms with Crippen LogP contribution in [0.2, 0.25) is 0 Å². The normalized spacial score (nSPS) is 10.3. The predicted molar refractivity (Wildman–Crippen MR) is 157 cm³/mol. The molecule has 0 aromatic heterocycles. The van der Waals surface area contributed by atoms with Crippen molar-refractivity contribution in [3.8, 4) is 33.8 Å². The van der Waals surface area contributed by atoms with Crippen molar-refractivity contribution in [2.45, 2.75) is 40.5 Å². The maximum Gasteiger partial charge on any atom is 0.302 e. The Hall–Kier alpha value is -3.61. The molecule has 0 heterocycles. The van der Waals surface area contributed by atoms with Gasteiger partial charge in [0.05, 0.1) is 33.0 Å². The molecule has 6 heteroatoms. The van der Waals surface area contributed by atoms with Crippen molar-refractivity contribution in [2.75, 3.05) is 39.6 Å². The number of allylic oxidation sites excluding steroid dienone is 1. The molecule has 0 fully saturated rings. The summed E-state index contributed by atoms with van der Waals surface area (Å²) < 4.78 is 22.4. The maximum atomic E-state index is 11.1. The molecule has 39 heavy (non-hydrogen) atoms. The van der Waals surface area contributed by atoms with E-state index in [1.54, 1.807) is 6.08 Å². The first kappa shape index (κ1) is 31.6. The quantitative estimate of drug-likeness (QED) is 0.139. The summed E-state index contributed by atoms with van der Waals surface area (Å²) in [6, 6.07) is 20.9. The molecule has 0 aliphatic heterocycles. The molecule has 3 rings (SSSR count). The van der Waals surface area contributed by atoms with Crippen molar-refractivity contribution in [1.29, 1.82) is 0 Å². The molecule has 3 aromatic rings. The molecule has 0 amide bonds. The highest BCUT2D eigenvalue weighted by molar-refractivity contribution is 5.77. The number of carbonyl (C=O) groups excluding carboxylic acids is 1. The number of hydrogen-bond donors (Lipinski definition) is 1. The molecule has 210 valence electrons. The van der Waals surface area contributed by atoms with Gasteiger partial charge in [-0.1, -0.05) is 54.1 Å². The van der Waals surface area contributed by atoms with Crippen LogP contribution in [0.1, 0.15) is 38.3 Å². The maximum absolute atomic E-state index is 11.1. The minimum Gasteiger partial charge on any atom is -0.493 e. The van der Waals surface area contributed by atoms with E-state index in [1.807, 2.05) is 26.0 Å². The molecule has 0 aliphatic rings. The molecule has 0 saturated carbocycles. The van der Waals surface area contributed by atoms with Gasteiger partial charge in [-0.2, -0.15) is 0 Å². The number of ether oxygens (including phenoxy) is 4. The fourth-order valence-electron chi connectivity index (χ4n) is 3.90. The van der Waals surface area contributed by atoms with E-state index in [9.17, 15) is 4.79 Å². The van der Waals surface area contributed by atoms with Crippen LogP contribution in [0.4, 0.5) is 0 Å². The summed E-state index contributed by atoms with van der Waals surface area (Å²) in [6.07, 6.45) is 3.13. The average molecular weight is 535 g/mol. The Kier molecular flexibility index (Phi) is 14.4. The molecular weight excluding hydrogens is 492 g/mol. The van der Waals surface area contributed by atoms with E-state index in [1.165, 1.54) is 12.5 Å². The second-order valence-corrected chi connectivity index (χ2v) is 8.87. The van der Waals surface area contributed by atoms with Crippen LogP contribution < -0.4 is 9.47 Å². The van der Waals surface area contributed by atoms with E-state index >= 15 is 0 Å². The summed E-state index contributed by atoms with van der Waals surface area (Å²) in [7, 11) is 0. The second kappa shape index (κ2) is 17.8. The Morgan fingerprint density at radius 3 is 2.23 bits per heavy atom. The van der Waals surface area contributed by atoms with E-state index in [4.69, 9.17) is 24.1 Å². The molecule has 0 bridgehead atoms. The summed E-state index contributed by atoms with van der Waals surface area (Å²) in [4.78, 5) is 11.1. The van der Waals surface area contributed by atoms with Gasteiger partial charge in [0, 0.05) is 12.5 Å². The Balaban J connectivity index is 0.00000170. The van der Waals surface area contributed by atoms with E-state index < -0.39 is 0 Å². The molecular formula is C33H42O6. The zero-order chi connectivity index (χ0) is 28.5. The van der Waals surface area contributed by atoms with Crippen LogP contribution in [0.25, 0.3) is 22.3 Å².